The first-order valence-electron chi connectivity index (χ1n) is 13.9. The standard InChI is InChI=1S/C30H33N5O3S2/c1-22-10-9-15-33(20-22)30-31-29(36)27(39-30)19-24-21-35(25-12-4-2-5-13-25)32-28(24)23-11-8-14-26(18-23)40(37,38)34-16-6-3-7-17-34/h2,4-5,8,11-14,18-19,21-22H,3,6-7,9-10,15-17,20H2,1H3. The Bertz CT molecular complexity index is 1570. The molecule has 2 saturated heterocycles. The average Bonchev–Trinajstić information content (AvgIpc) is 3.58. The number of aromatic nitrogens is 2. The summed E-state index contributed by atoms with van der Waals surface area (Å²) in [7, 11) is -3.60. The molecule has 0 aliphatic carbocycles. The number of aliphatic imine (C=N–C) groups is 1. The fourth-order valence-electron chi connectivity index (χ4n) is 5.53. The minimum atomic E-state index is -3.60. The first-order chi connectivity index (χ1) is 19.4. The second-order valence-electron chi connectivity index (χ2n) is 10.7. The van der Waals surface area contributed by atoms with Gasteiger partial charge in [-0.2, -0.15) is 14.4 Å². The summed E-state index contributed by atoms with van der Waals surface area (Å²) in [5, 5.41) is 5.63. The maximum absolute atomic E-state index is 13.4. The van der Waals surface area contributed by atoms with Gasteiger partial charge < -0.3 is 4.90 Å². The molecule has 1 unspecified atom stereocenters. The number of amides is 1. The lowest BCUT2D eigenvalue weighted by Gasteiger charge is -2.31. The van der Waals surface area contributed by atoms with E-state index in [2.05, 4.69) is 16.8 Å². The van der Waals surface area contributed by atoms with Crippen LogP contribution in [0.2, 0.25) is 0 Å². The summed E-state index contributed by atoms with van der Waals surface area (Å²) in [5.74, 6) is 0.322. The highest BCUT2D eigenvalue weighted by atomic mass is 32.2. The van der Waals surface area contributed by atoms with Crippen LogP contribution in [-0.4, -0.2) is 64.7 Å². The molecule has 1 atom stereocenters. The molecule has 0 spiro atoms. The van der Waals surface area contributed by atoms with Gasteiger partial charge in [-0.1, -0.05) is 43.7 Å². The first kappa shape index (κ1) is 27.0. The van der Waals surface area contributed by atoms with Crippen LogP contribution in [0.15, 0.2) is 75.6 Å². The van der Waals surface area contributed by atoms with E-state index in [0.29, 0.717) is 35.2 Å². The van der Waals surface area contributed by atoms with Gasteiger partial charge in [-0.3, -0.25) is 4.79 Å². The molecule has 0 N–H and O–H groups in total. The number of para-hydroxylation sites is 1. The van der Waals surface area contributed by atoms with E-state index >= 15 is 0 Å². The Morgan fingerprint density at radius 2 is 1.77 bits per heavy atom. The molecule has 2 aromatic carbocycles. The second kappa shape index (κ2) is 11.3. The Kier molecular flexibility index (Phi) is 7.65. The summed E-state index contributed by atoms with van der Waals surface area (Å²) in [4.78, 5) is 20.4. The van der Waals surface area contributed by atoms with E-state index in [1.54, 1.807) is 27.2 Å². The van der Waals surface area contributed by atoms with Gasteiger partial charge in [0.2, 0.25) is 10.0 Å². The smallest absolute Gasteiger partial charge is 0.286 e. The Morgan fingerprint density at radius 3 is 2.55 bits per heavy atom. The maximum atomic E-state index is 13.4. The number of nitrogens with zero attached hydrogens (tertiary/aromatic N) is 5. The van der Waals surface area contributed by atoms with Gasteiger partial charge in [0.15, 0.2) is 5.17 Å². The van der Waals surface area contributed by atoms with Gasteiger partial charge >= 0.3 is 0 Å². The number of thioether (sulfide) groups is 1. The van der Waals surface area contributed by atoms with Crippen LogP contribution in [0, 0.1) is 5.92 Å². The largest absolute Gasteiger partial charge is 0.351 e. The highest BCUT2D eigenvalue weighted by molar-refractivity contribution is 8.18. The van der Waals surface area contributed by atoms with Crippen molar-refractivity contribution in [1.82, 2.24) is 19.0 Å². The van der Waals surface area contributed by atoms with Crippen LogP contribution < -0.4 is 0 Å². The van der Waals surface area contributed by atoms with Crippen LogP contribution >= 0.6 is 11.8 Å². The fraction of sp³-hybridized carbons (Fsp3) is 0.367. The quantitative estimate of drug-likeness (QED) is 0.378. The number of hydrogen-bond acceptors (Lipinski definition) is 6. The molecular formula is C30H33N5O3S2. The van der Waals surface area contributed by atoms with Crippen molar-refractivity contribution in [3.05, 3.63) is 71.3 Å². The third kappa shape index (κ3) is 5.53. The Hall–Kier alpha value is -3.21. The molecule has 10 heteroatoms. The first-order valence-corrected chi connectivity index (χ1v) is 16.2. The predicted octanol–water partition coefficient (Wildman–Crippen LogP) is 5.42. The van der Waals surface area contributed by atoms with Crippen molar-refractivity contribution in [2.45, 2.75) is 43.9 Å². The van der Waals surface area contributed by atoms with Crippen LogP contribution in [0.4, 0.5) is 0 Å². The summed E-state index contributed by atoms with van der Waals surface area (Å²) < 4.78 is 30.2. The molecule has 8 nitrogen and oxygen atoms in total. The zero-order valence-electron chi connectivity index (χ0n) is 22.6. The van der Waals surface area contributed by atoms with Gasteiger partial charge in [0.25, 0.3) is 5.91 Å². The molecule has 0 radical (unpaired) electrons. The van der Waals surface area contributed by atoms with Crippen molar-refractivity contribution in [1.29, 1.82) is 0 Å². The number of amidine groups is 1. The maximum Gasteiger partial charge on any atom is 0.286 e. The van der Waals surface area contributed by atoms with Gasteiger partial charge in [-0.25, -0.2) is 13.1 Å². The Morgan fingerprint density at radius 1 is 0.975 bits per heavy atom. The third-order valence-corrected chi connectivity index (χ3v) is 10.6. The monoisotopic (exact) mass is 575 g/mol. The molecule has 3 aliphatic heterocycles. The van der Waals surface area contributed by atoms with Crippen molar-refractivity contribution in [3.63, 3.8) is 0 Å². The van der Waals surface area contributed by atoms with Crippen molar-refractivity contribution in [2.75, 3.05) is 26.2 Å². The molecule has 1 aromatic heterocycles. The molecule has 40 heavy (non-hydrogen) atoms. The third-order valence-electron chi connectivity index (χ3n) is 7.65. The zero-order chi connectivity index (χ0) is 27.7. The lowest BCUT2D eigenvalue weighted by Crippen LogP contribution is -2.37. The number of hydrogen-bond donors (Lipinski definition) is 0. The van der Waals surface area contributed by atoms with Gasteiger partial charge in [0, 0.05) is 43.5 Å². The van der Waals surface area contributed by atoms with E-state index < -0.39 is 10.0 Å². The van der Waals surface area contributed by atoms with E-state index in [1.165, 1.54) is 18.2 Å². The molecule has 208 valence electrons. The van der Waals surface area contributed by atoms with Crippen LogP contribution in [0.5, 0.6) is 0 Å². The SMILES string of the molecule is CC1CCCN(C2=NC(=O)C(=Cc3cn(-c4ccccc4)nc3-c3cccc(S(=O)(=O)N4CCCCC4)c3)S2)C1. The molecule has 0 saturated carbocycles. The van der Waals surface area contributed by atoms with Crippen molar-refractivity contribution >= 4 is 38.9 Å². The molecule has 3 aromatic rings. The normalized spacial score (nSPS) is 21.7. The fourth-order valence-corrected chi connectivity index (χ4v) is 8.03. The molecule has 1 amide bonds. The van der Waals surface area contributed by atoms with Gasteiger partial charge in [0.1, 0.15) is 5.69 Å². The molecule has 0 bridgehead atoms. The number of benzene rings is 2. The lowest BCUT2D eigenvalue weighted by atomic mass is 10.0. The molecule has 6 rings (SSSR count). The molecule has 3 aliphatic rings. The van der Waals surface area contributed by atoms with E-state index in [4.69, 9.17) is 5.10 Å². The molecule has 4 heterocycles. The molecule has 2 fully saturated rings. The van der Waals surface area contributed by atoms with Crippen molar-refractivity contribution < 1.29 is 13.2 Å². The summed E-state index contributed by atoms with van der Waals surface area (Å²) in [6.07, 6.45) is 8.83. The summed E-state index contributed by atoms with van der Waals surface area (Å²) >= 11 is 1.41. The molecular weight excluding hydrogens is 542 g/mol. The number of rotatable bonds is 5. The summed E-state index contributed by atoms with van der Waals surface area (Å²) in [6.45, 7) is 5.14. The van der Waals surface area contributed by atoms with E-state index in [0.717, 1.165) is 55.2 Å². The number of likely N-dealkylation sites (tertiary alicyclic amines) is 1. The van der Waals surface area contributed by atoms with Gasteiger partial charge in [0.05, 0.1) is 15.5 Å². The Balaban J connectivity index is 1.37. The number of piperidine rings is 2. The van der Waals surface area contributed by atoms with E-state index in [1.807, 2.05) is 48.7 Å². The average molecular weight is 576 g/mol. The predicted molar refractivity (Wildman–Crippen MR) is 160 cm³/mol. The second-order valence-corrected chi connectivity index (χ2v) is 13.7. The summed E-state index contributed by atoms with van der Waals surface area (Å²) in [6, 6.07) is 16.7. The van der Waals surface area contributed by atoms with E-state index in [9.17, 15) is 13.2 Å². The zero-order valence-corrected chi connectivity index (χ0v) is 24.2. The highest BCUT2D eigenvalue weighted by Gasteiger charge is 2.30. The van der Waals surface area contributed by atoms with Crippen molar-refractivity contribution in [2.24, 2.45) is 10.9 Å². The van der Waals surface area contributed by atoms with Crippen LogP contribution in [0.1, 0.15) is 44.6 Å². The van der Waals surface area contributed by atoms with Crippen LogP contribution in [-0.2, 0) is 14.8 Å². The van der Waals surface area contributed by atoms with Crippen molar-refractivity contribution in [3.8, 4) is 16.9 Å². The van der Waals surface area contributed by atoms with Gasteiger partial charge in [-0.05, 0) is 73.7 Å². The Labute approximate surface area is 239 Å². The van der Waals surface area contributed by atoms with Crippen LogP contribution in [0.25, 0.3) is 23.0 Å². The minimum absolute atomic E-state index is 0.252. The topological polar surface area (TPSA) is 87.9 Å². The number of sulfonamides is 1. The van der Waals surface area contributed by atoms with Gasteiger partial charge in [-0.15, -0.1) is 0 Å². The summed E-state index contributed by atoms with van der Waals surface area (Å²) in [5.41, 5.74) is 2.90. The lowest BCUT2D eigenvalue weighted by molar-refractivity contribution is -0.113. The minimum Gasteiger partial charge on any atom is -0.351 e. The number of carbonyl (C=O) groups excluding carboxylic acids is 1. The highest BCUT2D eigenvalue weighted by Crippen LogP contribution is 2.35. The van der Waals surface area contributed by atoms with Crippen LogP contribution in [0.3, 0.4) is 0 Å². The van der Waals surface area contributed by atoms with E-state index in [-0.39, 0.29) is 10.8 Å². The number of carbonyl (C=O) groups is 1.